The molecule has 134 valence electrons. The fraction of sp³-hybridized carbons (Fsp3) is 0.300. The van der Waals surface area contributed by atoms with E-state index in [-0.39, 0.29) is 0 Å². The standard InChI is InChI=1S/C20H24N6/c21-20-16(12-23-18-4-2-1-3-5-18)10-15(11-24-20)17-13-25-26(14-17)19-6-8-22-9-7-19/h1-5,10-11,13-14,19,22-23H,6-9,12H2,(H2,21,24). The number of hydrogen-bond donors (Lipinski definition) is 3. The summed E-state index contributed by atoms with van der Waals surface area (Å²) in [5, 5.41) is 11.4. The van der Waals surface area contributed by atoms with Crippen LogP contribution in [0.5, 0.6) is 0 Å². The molecule has 0 atom stereocenters. The first-order valence-corrected chi connectivity index (χ1v) is 9.08. The van der Waals surface area contributed by atoms with E-state index in [0.29, 0.717) is 18.4 Å². The van der Waals surface area contributed by atoms with Crippen molar-refractivity contribution in [2.75, 3.05) is 24.1 Å². The number of nitrogens with one attached hydrogen (secondary N) is 2. The molecule has 6 nitrogen and oxygen atoms in total. The van der Waals surface area contributed by atoms with Gasteiger partial charge >= 0.3 is 0 Å². The Morgan fingerprint density at radius 3 is 2.73 bits per heavy atom. The second kappa shape index (κ2) is 7.58. The van der Waals surface area contributed by atoms with Gasteiger partial charge in [0, 0.05) is 41.3 Å². The molecule has 2 aromatic heterocycles. The lowest BCUT2D eigenvalue weighted by molar-refractivity contribution is 0.343. The molecule has 6 heteroatoms. The maximum Gasteiger partial charge on any atom is 0.128 e. The van der Waals surface area contributed by atoms with Gasteiger partial charge in [0.15, 0.2) is 0 Å². The molecule has 0 radical (unpaired) electrons. The third-order valence-corrected chi connectivity index (χ3v) is 4.88. The fourth-order valence-corrected chi connectivity index (χ4v) is 3.33. The number of anilines is 2. The van der Waals surface area contributed by atoms with Crippen LogP contribution in [0, 0.1) is 0 Å². The Labute approximate surface area is 153 Å². The van der Waals surface area contributed by atoms with Crippen molar-refractivity contribution in [1.29, 1.82) is 0 Å². The molecular formula is C20H24N6. The summed E-state index contributed by atoms with van der Waals surface area (Å²) in [7, 11) is 0. The highest BCUT2D eigenvalue weighted by atomic mass is 15.3. The predicted molar refractivity (Wildman–Crippen MR) is 105 cm³/mol. The molecule has 3 heterocycles. The van der Waals surface area contributed by atoms with E-state index in [0.717, 1.165) is 48.3 Å². The van der Waals surface area contributed by atoms with Gasteiger partial charge in [-0.05, 0) is 44.1 Å². The Hall–Kier alpha value is -2.86. The van der Waals surface area contributed by atoms with E-state index < -0.39 is 0 Å². The van der Waals surface area contributed by atoms with Crippen LogP contribution in [-0.4, -0.2) is 27.9 Å². The van der Waals surface area contributed by atoms with Crippen LogP contribution in [0.4, 0.5) is 11.5 Å². The Bertz CT molecular complexity index is 852. The van der Waals surface area contributed by atoms with Crippen molar-refractivity contribution in [3.63, 3.8) is 0 Å². The lowest BCUT2D eigenvalue weighted by Gasteiger charge is -2.22. The predicted octanol–water partition coefficient (Wildman–Crippen LogP) is 3.06. The second-order valence-corrected chi connectivity index (χ2v) is 6.68. The highest BCUT2D eigenvalue weighted by Crippen LogP contribution is 2.25. The molecule has 3 aromatic rings. The molecule has 0 unspecified atom stereocenters. The third-order valence-electron chi connectivity index (χ3n) is 4.88. The fourth-order valence-electron chi connectivity index (χ4n) is 3.33. The lowest BCUT2D eigenvalue weighted by atomic mass is 10.1. The summed E-state index contributed by atoms with van der Waals surface area (Å²) in [6.45, 7) is 2.75. The van der Waals surface area contributed by atoms with E-state index >= 15 is 0 Å². The molecule has 1 saturated heterocycles. The van der Waals surface area contributed by atoms with E-state index in [1.807, 2.05) is 42.7 Å². The van der Waals surface area contributed by atoms with Gasteiger partial charge in [0.25, 0.3) is 0 Å². The molecular weight excluding hydrogens is 324 g/mol. The molecule has 0 amide bonds. The van der Waals surface area contributed by atoms with Crippen LogP contribution in [-0.2, 0) is 6.54 Å². The zero-order valence-corrected chi connectivity index (χ0v) is 14.7. The molecule has 1 fully saturated rings. The average molecular weight is 348 g/mol. The van der Waals surface area contributed by atoms with Crippen LogP contribution < -0.4 is 16.4 Å². The molecule has 26 heavy (non-hydrogen) atoms. The van der Waals surface area contributed by atoms with Gasteiger partial charge < -0.3 is 16.4 Å². The van der Waals surface area contributed by atoms with Gasteiger partial charge in [0.2, 0.25) is 0 Å². The van der Waals surface area contributed by atoms with E-state index in [1.165, 1.54) is 0 Å². The van der Waals surface area contributed by atoms with Crippen LogP contribution in [0.3, 0.4) is 0 Å². The van der Waals surface area contributed by atoms with Gasteiger partial charge in [0.1, 0.15) is 5.82 Å². The summed E-state index contributed by atoms with van der Waals surface area (Å²) >= 11 is 0. The maximum absolute atomic E-state index is 6.07. The second-order valence-electron chi connectivity index (χ2n) is 6.68. The van der Waals surface area contributed by atoms with Gasteiger partial charge in [-0.25, -0.2) is 4.98 Å². The first kappa shape index (κ1) is 16.6. The molecule has 0 spiro atoms. The van der Waals surface area contributed by atoms with Crippen molar-refractivity contribution >= 4 is 11.5 Å². The third kappa shape index (κ3) is 3.70. The van der Waals surface area contributed by atoms with E-state index in [2.05, 4.69) is 37.7 Å². The summed E-state index contributed by atoms with van der Waals surface area (Å²) in [4.78, 5) is 4.38. The number of rotatable bonds is 5. The normalized spacial score (nSPS) is 15.1. The number of aromatic nitrogens is 3. The Morgan fingerprint density at radius 1 is 1.12 bits per heavy atom. The lowest BCUT2D eigenvalue weighted by Crippen LogP contribution is -2.29. The number of pyridine rings is 1. The zero-order valence-electron chi connectivity index (χ0n) is 14.7. The molecule has 1 aromatic carbocycles. The van der Waals surface area contributed by atoms with Crippen LogP contribution in [0.1, 0.15) is 24.4 Å². The summed E-state index contributed by atoms with van der Waals surface area (Å²) in [5.41, 5.74) is 10.3. The van der Waals surface area contributed by atoms with Crippen LogP contribution in [0.2, 0.25) is 0 Å². The molecule has 4 rings (SSSR count). The minimum Gasteiger partial charge on any atom is -0.383 e. The summed E-state index contributed by atoms with van der Waals surface area (Å²) in [5.74, 6) is 0.558. The quantitative estimate of drug-likeness (QED) is 0.660. The number of para-hydroxylation sites is 1. The Balaban J connectivity index is 1.51. The van der Waals surface area contributed by atoms with Crippen LogP contribution in [0.25, 0.3) is 11.1 Å². The van der Waals surface area contributed by atoms with Crippen LogP contribution >= 0.6 is 0 Å². The van der Waals surface area contributed by atoms with Crippen molar-refractivity contribution in [3.05, 3.63) is 60.6 Å². The highest BCUT2D eigenvalue weighted by molar-refractivity contribution is 5.64. The number of nitrogens with zero attached hydrogens (tertiary/aromatic N) is 3. The minimum absolute atomic E-state index is 0.478. The van der Waals surface area contributed by atoms with Gasteiger partial charge in [-0.2, -0.15) is 5.10 Å². The summed E-state index contributed by atoms with van der Waals surface area (Å²) in [6.07, 6.45) is 8.10. The molecule has 0 saturated carbocycles. The number of nitrogens with two attached hydrogens (primary N) is 1. The number of hydrogen-bond acceptors (Lipinski definition) is 5. The molecule has 1 aliphatic heterocycles. The smallest absolute Gasteiger partial charge is 0.128 e. The largest absolute Gasteiger partial charge is 0.383 e. The van der Waals surface area contributed by atoms with E-state index in [1.54, 1.807) is 0 Å². The van der Waals surface area contributed by atoms with Crippen molar-refractivity contribution in [1.82, 2.24) is 20.1 Å². The van der Waals surface area contributed by atoms with Crippen molar-refractivity contribution < 1.29 is 0 Å². The zero-order chi connectivity index (χ0) is 17.8. The van der Waals surface area contributed by atoms with Crippen molar-refractivity contribution in [2.45, 2.75) is 25.4 Å². The summed E-state index contributed by atoms with van der Waals surface area (Å²) in [6, 6.07) is 12.7. The maximum atomic E-state index is 6.07. The first-order chi connectivity index (χ1) is 12.8. The van der Waals surface area contributed by atoms with E-state index in [4.69, 9.17) is 5.73 Å². The van der Waals surface area contributed by atoms with Gasteiger partial charge in [-0.15, -0.1) is 0 Å². The SMILES string of the molecule is Nc1ncc(-c2cnn(C3CCNCC3)c2)cc1CNc1ccccc1. The number of benzene rings is 1. The van der Waals surface area contributed by atoms with Gasteiger partial charge in [-0.3, -0.25) is 4.68 Å². The average Bonchev–Trinajstić information content (AvgIpc) is 3.19. The highest BCUT2D eigenvalue weighted by Gasteiger charge is 2.16. The monoisotopic (exact) mass is 348 g/mol. The molecule has 1 aliphatic rings. The molecule has 0 aliphatic carbocycles. The van der Waals surface area contributed by atoms with Crippen molar-refractivity contribution in [2.24, 2.45) is 0 Å². The number of nitrogen functional groups attached to an aromatic ring is 1. The van der Waals surface area contributed by atoms with Crippen molar-refractivity contribution in [3.8, 4) is 11.1 Å². The van der Waals surface area contributed by atoms with E-state index in [9.17, 15) is 0 Å². The molecule has 4 N–H and O–H groups in total. The molecule has 0 bridgehead atoms. The Morgan fingerprint density at radius 2 is 1.92 bits per heavy atom. The Kier molecular flexibility index (Phi) is 4.84. The summed E-state index contributed by atoms with van der Waals surface area (Å²) < 4.78 is 2.09. The minimum atomic E-state index is 0.478. The van der Waals surface area contributed by atoms with Gasteiger partial charge in [-0.1, -0.05) is 18.2 Å². The first-order valence-electron chi connectivity index (χ1n) is 9.08. The topological polar surface area (TPSA) is 80.8 Å². The van der Waals surface area contributed by atoms with Crippen LogP contribution in [0.15, 0.2) is 55.0 Å². The van der Waals surface area contributed by atoms with Gasteiger partial charge in [0.05, 0.1) is 12.2 Å². The number of piperidine rings is 1.